The van der Waals surface area contributed by atoms with Gasteiger partial charge in [0, 0.05) is 49.8 Å². The highest BCUT2D eigenvalue weighted by molar-refractivity contribution is 5.98. The lowest BCUT2D eigenvalue weighted by Crippen LogP contribution is -2.49. The second kappa shape index (κ2) is 9.38. The van der Waals surface area contributed by atoms with Crippen LogP contribution in [0.1, 0.15) is 27.9 Å². The predicted molar refractivity (Wildman–Crippen MR) is 116 cm³/mol. The summed E-state index contributed by atoms with van der Waals surface area (Å²) in [6, 6.07) is 16.9. The van der Waals surface area contributed by atoms with Crippen LogP contribution in [0, 0.1) is 5.82 Å². The number of anilines is 1. The highest BCUT2D eigenvalue weighted by atomic mass is 19.1. The second-order valence-electron chi connectivity index (χ2n) is 7.43. The van der Waals surface area contributed by atoms with Crippen molar-refractivity contribution < 1.29 is 14.0 Å². The number of amides is 3. The van der Waals surface area contributed by atoms with Crippen molar-refractivity contribution in [1.29, 1.82) is 0 Å². The van der Waals surface area contributed by atoms with Crippen LogP contribution in [0.25, 0.3) is 0 Å². The van der Waals surface area contributed by atoms with Gasteiger partial charge in [-0.2, -0.15) is 0 Å². The molecular weight excluding hydrogens is 395 g/mol. The van der Waals surface area contributed by atoms with Crippen molar-refractivity contribution in [3.8, 4) is 0 Å². The average Bonchev–Trinajstić information content (AvgIpc) is 2.80. The molecule has 3 aromatic rings. The van der Waals surface area contributed by atoms with Gasteiger partial charge < -0.3 is 10.2 Å². The quantitative estimate of drug-likeness (QED) is 0.659. The van der Waals surface area contributed by atoms with Crippen LogP contribution in [0.4, 0.5) is 14.9 Å². The fourth-order valence-corrected chi connectivity index (χ4v) is 3.63. The molecule has 158 valence electrons. The zero-order chi connectivity index (χ0) is 21.6. The molecule has 0 spiro atoms. The van der Waals surface area contributed by atoms with Crippen molar-refractivity contribution >= 4 is 17.6 Å². The molecule has 4 rings (SSSR count). The lowest BCUT2D eigenvalue weighted by atomic mass is 10.1. The van der Waals surface area contributed by atoms with Gasteiger partial charge in [0.05, 0.1) is 0 Å². The lowest BCUT2D eigenvalue weighted by molar-refractivity contribution is 0.0951. The summed E-state index contributed by atoms with van der Waals surface area (Å²) in [5.74, 6) is -0.532. The monoisotopic (exact) mass is 418 g/mol. The third-order valence-electron chi connectivity index (χ3n) is 5.17. The Morgan fingerprint density at radius 1 is 1.03 bits per heavy atom. The van der Waals surface area contributed by atoms with Gasteiger partial charge in [0.2, 0.25) is 0 Å². The number of hydrogen-bond acceptors (Lipinski definition) is 3. The van der Waals surface area contributed by atoms with E-state index in [9.17, 15) is 14.0 Å². The van der Waals surface area contributed by atoms with Gasteiger partial charge in [-0.1, -0.05) is 24.3 Å². The van der Waals surface area contributed by atoms with Gasteiger partial charge in [-0.15, -0.1) is 0 Å². The number of urea groups is 1. The predicted octanol–water partition coefficient (Wildman–Crippen LogP) is 3.98. The van der Waals surface area contributed by atoms with E-state index in [4.69, 9.17) is 0 Å². The first-order valence-corrected chi connectivity index (χ1v) is 10.2. The van der Waals surface area contributed by atoms with E-state index in [1.807, 2.05) is 24.3 Å². The summed E-state index contributed by atoms with van der Waals surface area (Å²) >= 11 is 0. The summed E-state index contributed by atoms with van der Waals surface area (Å²) in [6.45, 7) is 1.90. The number of halogens is 1. The zero-order valence-electron chi connectivity index (χ0n) is 17.0. The minimum atomic E-state index is -0.316. The van der Waals surface area contributed by atoms with Crippen LogP contribution in [-0.2, 0) is 13.1 Å². The Morgan fingerprint density at radius 2 is 1.87 bits per heavy atom. The molecule has 1 aliphatic rings. The van der Waals surface area contributed by atoms with Crippen molar-refractivity contribution in [2.24, 2.45) is 0 Å². The SMILES string of the molecule is O=C(NCc1cccnc1)c1cccc(N2CCCN(Cc3cccc(F)c3)C2=O)c1. The molecule has 1 aliphatic heterocycles. The van der Waals surface area contributed by atoms with Gasteiger partial charge in [-0.3, -0.25) is 14.7 Å². The molecule has 1 aromatic heterocycles. The summed E-state index contributed by atoms with van der Waals surface area (Å²) in [7, 11) is 0. The molecule has 7 heteroatoms. The number of carbonyl (C=O) groups excluding carboxylic acids is 2. The van der Waals surface area contributed by atoms with Gasteiger partial charge in [0.25, 0.3) is 5.91 Å². The molecular formula is C24H23FN4O2. The molecule has 6 nitrogen and oxygen atoms in total. The van der Waals surface area contributed by atoms with E-state index >= 15 is 0 Å². The van der Waals surface area contributed by atoms with E-state index in [0.717, 1.165) is 17.5 Å². The van der Waals surface area contributed by atoms with Crippen LogP contribution in [-0.4, -0.2) is 34.9 Å². The highest BCUT2D eigenvalue weighted by Crippen LogP contribution is 2.23. The largest absolute Gasteiger partial charge is 0.348 e. The highest BCUT2D eigenvalue weighted by Gasteiger charge is 2.27. The standard InChI is InChI=1S/C24H23FN4O2/c25-21-8-1-5-18(13-21)17-28-11-4-12-29(24(28)31)22-9-2-7-20(14-22)23(30)27-16-19-6-3-10-26-15-19/h1-3,5-10,13-15H,4,11-12,16-17H2,(H,27,30). The first-order chi connectivity index (χ1) is 15.1. The number of carbonyl (C=O) groups is 2. The van der Waals surface area contributed by atoms with Crippen molar-refractivity contribution in [3.63, 3.8) is 0 Å². The molecule has 0 atom stereocenters. The zero-order valence-corrected chi connectivity index (χ0v) is 17.0. The second-order valence-corrected chi connectivity index (χ2v) is 7.43. The molecule has 0 unspecified atom stereocenters. The normalized spacial score (nSPS) is 13.9. The van der Waals surface area contributed by atoms with Crippen molar-refractivity contribution in [1.82, 2.24) is 15.2 Å². The van der Waals surface area contributed by atoms with Gasteiger partial charge in [-0.25, -0.2) is 9.18 Å². The Bertz CT molecular complexity index is 1070. The van der Waals surface area contributed by atoms with Crippen LogP contribution < -0.4 is 10.2 Å². The van der Waals surface area contributed by atoms with Crippen LogP contribution in [0.5, 0.6) is 0 Å². The number of benzene rings is 2. The molecule has 0 bridgehead atoms. The molecule has 2 aromatic carbocycles. The fourth-order valence-electron chi connectivity index (χ4n) is 3.63. The van der Waals surface area contributed by atoms with E-state index in [2.05, 4.69) is 10.3 Å². The average molecular weight is 418 g/mol. The molecule has 1 fully saturated rings. The first kappa shape index (κ1) is 20.5. The summed E-state index contributed by atoms with van der Waals surface area (Å²) in [6.07, 6.45) is 4.18. The van der Waals surface area contributed by atoms with Crippen LogP contribution in [0.3, 0.4) is 0 Å². The first-order valence-electron chi connectivity index (χ1n) is 10.2. The Hall–Kier alpha value is -3.74. The van der Waals surface area contributed by atoms with Crippen molar-refractivity contribution in [2.75, 3.05) is 18.0 Å². The van der Waals surface area contributed by atoms with Crippen LogP contribution in [0.15, 0.2) is 73.1 Å². The molecule has 31 heavy (non-hydrogen) atoms. The lowest BCUT2D eigenvalue weighted by Gasteiger charge is -2.35. The van der Waals surface area contributed by atoms with Gasteiger partial charge in [-0.05, 0) is 53.9 Å². The third-order valence-corrected chi connectivity index (χ3v) is 5.17. The van der Waals surface area contributed by atoms with E-state index in [0.29, 0.717) is 37.4 Å². The topological polar surface area (TPSA) is 65.5 Å². The Kier molecular flexibility index (Phi) is 6.21. The van der Waals surface area contributed by atoms with Gasteiger partial charge >= 0.3 is 6.03 Å². The Labute approximate surface area is 180 Å². The smallest absolute Gasteiger partial charge is 0.324 e. The number of rotatable bonds is 6. The minimum absolute atomic E-state index is 0.150. The van der Waals surface area contributed by atoms with E-state index in [1.54, 1.807) is 46.5 Å². The number of aromatic nitrogens is 1. The van der Waals surface area contributed by atoms with Crippen molar-refractivity contribution in [3.05, 3.63) is 95.6 Å². The van der Waals surface area contributed by atoms with E-state index < -0.39 is 0 Å². The van der Waals surface area contributed by atoms with Crippen molar-refractivity contribution in [2.45, 2.75) is 19.5 Å². The Balaban J connectivity index is 1.44. The number of nitrogens with zero attached hydrogens (tertiary/aromatic N) is 3. The van der Waals surface area contributed by atoms with Gasteiger partial charge in [0.1, 0.15) is 5.82 Å². The summed E-state index contributed by atoms with van der Waals surface area (Å²) < 4.78 is 13.5. The molecule has 1 N–H and O–H groups in total. The Morgan fingerprint density at radius 3 is 2.68 bits per heavy atom. The van der Waals surface area contributed by atoms with Crippen LogP contribution >= 0.6 is 0 Å². The molecule has 0 aliphatic carbocycles. The van der Waals surface area contributed by atoms with E-state index in [1.165, 1.54) is 12.1 Å². The summed E-state index contributed by atoms with van der Waals surface area (Å²) in [5, 5.41) is 2.88. The van der Waals surface area contributed by atoms with Crippen LogP contribution in [0.2, 0.25) is 0 Å². The fraction of sp³-hybridized carbons (Fsp3) is 0.208. The maximum absolute atomic E-state index is 13.5. The summed E-state index contributed by atoms with van der Waals surface area (Å²) in [4.78, 5) is 33.1. The summed E-state index contributed by atoms with van der Waals surface area (Å²) in [5.41, 5.74) is 2.81. The maximum atomic E-state index is 13.5. The third kappa shape index (κ3) is 5.06. The molecule has 0 radical (unpaired) electrons. The number of pyridine rings is 1. The van der Waals surface area contributed by atoms with Gasteiger partial charge in [0.15, 0.2) is 0 Å². The number of hydrogen-bond donors (Lipinski definition) is 1. The number of nitrogens with one attached hydrogen (secondary N) is 1. The molecule has 3 amide bonds. The minimum Gasteiger partial charge on any atom is -0.348 e. The molecule has 2 heterocycles. The van der Waals surface area contributed by atoms with E-state index in [-0.39, 0.29) is 17.8 Å². The molecule has 1 saturated heterocycles. The maximum Gasteiger partial charge on any atom is 0.324 e. The molecule has 0 saturated carbocycles.